The van der Waals surface area contributed by atoms with Crippen molar-refractivity contribution in [1.29, 1.82) is 0 Å². The highest BCUT2D eigenvalue weighted by Crippen LogP contribution is 2.48. The van der Waals surface area contributed by atoms with E-state index in [1.165, 1.54) is 43.0 Å². The van der Waals surface area contributed by atoms with Crippen molar-refractivity contribution in [2.45, 2.75) is 44.6 Å². The van der Waals surface area contributed by atoms with Gasteiger partial charge >= 0.3 is 0 Å². The van der Waals surface area contributed by atoms with E-state index in [1.54, 1.807) is 0 Å². The van der Waals surface area contributed by atoms with Gasteiger partial charge in [0.1, 0.15) is 0 Å². The molecular formula is C10H17IO. The summed E-state index contributed by atoms with van der Waals surface area (Å²) in [6, 6.07) is 0. The van der Waals surface area contributed by atoms with Crippen LogP contribution in [0.2, 0.25) is 0 Å². The second-order valence-corrected chi connectivity index (χ2v) is 4.97. The molecule has 0 radical (unpaired) electrons. The average Bonchev–Trinajstić information content (AvgIpc) is 2.05. The van der Waals surface area contributed by atoms with Crippen LogP contribution in [0.1, 0.15) is 38.5 Å². The molecule has 1 heterocycles. The number of alkyl halides is 1. The summed E-state index contributed by atoms with van der Waals surface area (Å²) in [4.78, 5) is 0. The molecule has 0 aromatic heterocycles. The lowest BCUT2D eigenvalue weighted by Crippen LogP contribution is -2.45. The van der Waals surface area contributed by atoms with Gasteiger partial charge in [0, 0.05) is 16.4 Å². The summed E-state index contributed by atoms with van der Waals surface area (Å²) >= 11 is 2.54. The van der Waals surface area contributed by atoms with Crippen molar-refractivity contribution in [3.63, 3.8) is 0 Å². The summed E-state index contributed by atoms with van der Waals surface area (Å²) in [5, 5.41) is 0. The van der Waals surface area contributed by atoms with Crippen molar-refractivity contribution in [3.8, 4) is 0 Å². The van der Waals surface area contributed by atoms with Crippen molar-refractivity contribution >= 4 is 22.6 Å². The van der Waals surface area contributed by atoms with Crippen LogP contribution in [0.25, 0.3) is 0 Å². The van der Waals surface area contributed by atoms with Crippen molar-refractivity contribution in [1.82, 2.24) is 0 Å². The molecule has 70 valence electrons. The molecule has 1 saturated heterocycles. The highest BCUT2D eigenvalue weighted by atomic mass is 127. The fourth-order valence-electron chi connectivity index (χ4n) is 2.40. The topological polar surface area (TPSA) is 9.23 Å². The predicted octanol–water partition coefficient (Wildman–Crippen LogP) is 3.16. The molecule has 0 N–H and O–H groups in total. The zero-order chi connectivity index (χ0) is 8.44. The normalized spacial score (nSPS) is 34.2. The van der Waals surface area contributed by atoms with Crippen LogP contribution in [0.4, 0.5) is 0 Å². The van der Waals surface area contributed by atoms with Gasteiger partial charge in [0.25, 0.3) is 0 Å². The van der Waals surface area contributed by atoms with Crippen molar-refractivity contribution in [2.24, 2.45) is 5.41 Å². The molecule has 1 nitrogen and oxygen atoms in total. The molecule has 0 bridgehead atoms. The molecule has 1 aliphatic heterocycles. The first-order chi connectivity index (χ1) is 5.87. The molecule has 0 amide bonds. The summed E-state index contributed by atoms with van der Waals surface area (Å²) in [6.07, 6.45) is 8.88. The van der Waals surface area contributed by atoms with Crippen LogP contribution in [0.3, 0.4) is 0 Å². The van der Waals surface area contributed by atoms with Gasteiger partial charge in [-0.25, -0.2) is 0 Å². The minimum Gasteiger partial charge on any atom is -0.378 e. The first kappa shape index (κ1) is 9.25. The summed E-state index contributed by atoms with van der Waals surface area (Å²) < 4.78 is 7.17. The SMILES string of the molecule is ICC1(C2CCCCO2)CCC1. The number of rotatable bonds is 2. The van der Waals surface area contributed by atoms with E-state index in [-0.39, 0.29) is 0 Å². The quantitative estimate of drug-likeness (QED) is 0.557. The van der Waals surface area contributed by atoms with E-state index in [0.29, 0.717) is 11.5 Å². The molecule has 0 aromatic carbocycles. The molecule has 1 atom stereocenters. The van der Waals surface area contributed by atoms with E-state index in [0.717, 1.165) is 6.61 Å². The Balaban J connectivity index is 1.95. The Morgan fingerprint density at radius 2 is 2.08 bits per heavy atom. The van der Waals surface area contributed by atoms with E-state index in [4.69, 9.17) is 4.74 Å². The van der Waals surface area contributed by atoms with Crippen LogP contribution >= 0.6 is 22.6 Å². The van der Waals surface area contributed by atoms with Crippen LogP contribution in [0.5, 0.6) is 0 Å². The molecule has 2 aliphatic rings. The van der Waals surface area contributed by atoms with Gasteiger partial charge in [-0.15, -0.1) is 0 Å². The van der Waals surface area contributed by atoms with Crippen LogP contribution < -0.4 is 0 Å². The lowest BCUT2D eigenvalue weighted by atomic mass is 9.65. The van der Waals surface area contributed by atoms with Crippen LogP contribution in [-0.4, -0.2) is 17.1 Å². The highest BCUT2D eigenvalue weighted by Gasteiger charge is 2.44. The van der Waals surface area contributed by atoms with Crippen molar-refractivity contribution < 1.29 is 4.74 Å². The Kier molecular flexibility index (Phi) is 2.95. The van der Waals surface area contributed by atoms with Gasteiger partial charge in [0.2, 0.25) is 0 Å². The maximum Gasteiger partial charge on any atom is 0.0638 e. The first-order valence-electron chi connectivity index (χ1n) is 5.05. The van der Waals surface area contributed by atoms with Gasteiger partial charge in [-0.05, 0) is 32.1 Å². The minimum absolute atomic E-state index is 0.598. The third kappa shape index (κ3) is 1.52. The number of ether oxygens (including phenoxy) is 1. The third-order valence-electron chi connectivity index (χ3n) is 3.48. The molecule has 1 saturated carbocycles. The summed E-state index contributed by atoms with van der Waals surface area (Å²) in [6.45, 7) is 1.02. The monoisotopic (exact) mass is 280 g/mol. The highest BCUT2D eigenvalue weighted by molar-refractivity contribution is 14.1. The lowest BCUT2D eigenvalue weighted by molar-refractivity contribution is -0.0902. The van der Waals surface area contributed by atoms with E-state index >= 15 is 0 Å². The van der Waals surface area contributed by atoms with Crippen LogP contribution in [-0.2, 0) is 4.74 Å². The second kappa shape index (κ2) is 3.82. The van der Waals surface area contributed by atoms with E-state index in [9.17, 15) is 0 Å². The lowest BCUT2D eigenvalue weighted by Gasteiger charge is -2.47. The Bertz CT molecular complexity index is 142. The molecule has 1 aliphatic carbocycles. The minimum atomic E-state index is 0.598. The summed E-state index contributed by atoms with van der Waals surface area (Å²) in [5.74, 6) is 0. The van der Waals surface area contributed by atoms with Gasteiger partial charge in [0.15, 0.2) is 0 Å². The van der Waals surface area contributed by atoms with Gasteiger partial charge in [-0.2, -0.15) is 0 Å². The Hall–Kier alpha value is 0.690. The van der Waals surface area contributed by atoms with Gasteiger partial charge < -0.3 is 4.74 Å². The molecule has 1 unspecified atom stereocenters. The predicted molar refractivity (Wildman–Crippen MR) is 58.8 cm³/mol. The number of halogens is 1. The van der Waals surface area contributed by atoms with Crippen LogP contribution in [0, 0.1) is 5.41 Å². The molecule has 2 heteroatoms. The van der Waals surface area contributed by atoms with E-state index in [1.807, 2.05) is 0 Å². The zero-order valence-electron chi connectivity index (χ0n) is 7.52. The second-order valence-electron chi connectivity index (χ2n) is 4.20. The third-order valence-corrected chi connectivity index (χ3v) is 5.00. The fraction of sp³-hybridized carbons (Fsp3) is 1.00. The van der Waals surface area contributed by atoms with Crippen molar-refractivity contribution in [2.75, 3.05) is 11.0 Å². The van der Waals surface area contributed by atoms with Gasteiger partial charge in [-0.1, -0.05) is 29.0 Å². The first-order valence-corrected chi connectivity index (χ1v) is 6.57. The van der Waals surface area contributed by atoms with E-state index < -0.39 is 0 Å². The Morgan fingerprint density at radius 3 is 2.50 bits per heavy atom. The van der Waals surface area contributed by atoms with E-state index in [2.05, 4.69) is 22.6 Å². The van der Waals surface area contributed by atoms with Crippen molar-refractivity contribution in [3.05, 3.63) is 0 Å². The molecule has 0 spiro atoms. The average molecular weight is 280 g/mol. The molecule has 2 rings (SSSR count). The van der Waals surface area contributed by atoms with Gasteiger partial charge in [0.05, 0.1) is 6.10 Å². The Labute approximate surface area is 88.4 Å². The summed E-state index contributed by atoms with van der Waals surface area (Å²) in [5.41, 5.74) is 0.598. The number of hydrogen-bond donors (Lipinski definition) is 0. The number of hydrogen-bond acceptors (Lipinski definition) is 1. The molecule has 2 fully saturated rings. The maximum atomic E-state index is 5.87. The largest absolute Gasteiger partial charge is 0.378 e. The zero-order valence-corrected chi connectivity index (χ0v) is 9.68. The van der Waals surface area contributed by atoms with Crippen LogP contribution in [0.15, 0.2) is 0 Å². The Morgan fingerprint density at radius 1 is 1.25 bits per heavy atom. The fourth-order valence-corrected chi connectivity index (χ4v) is 3.65. The smallest absolute Gasteiger partial charge is 0.0638 e. The maximum absolute atomic E-state index is 5.87. The molecule has 0 aromatic rings. The standard InChI is InChI=1S/C10H17IO/c11-8-10(5-3-6-10)9-4-1-2-7-12-9/h9H,1-8H2. The molecular weight excluding hydrogens is 263 g/mol. The summed E-state index contributed by atoms with van der Waals surface area (Å²) in [7, 11) is 0. The molecule has 12 heavy (non-hydrogen) atoms. The van der Waals surface area contributed by atoms with Gasteiger partial charge in [-0.3, -0.25) is 0 Å².